The van der Waals surface area contributed by atoms with Crippen LogP contribution in [0, 0.1) is 0 Å². The Balaban J connectivity index is 1.43. The topological polar surface area (TPSA) is 130 Å². The molecule has 3 amide bonds. The first-order chi connectivity index (χ1) is 16.3. The van der Waals surface area contributed by atoms with Crippen molar-refractivity contribution in [3.63, 3.8) is 0 Å². The second-order valence-corrected chi connectivity index (χ2v) is 7.78. The number of nitrogens with zero attached hydrogens (tertiary/aromatic N) is 4. The first-order valence-electron chi connectivity index (χ1n) is 10.3. The molecule has 1 fully saturated rings. The van der Waals surface area contributed by atoms with Crippen LogP contribution in [0.5, 0.6) is 5.75 Å². The van der Waals surface area contributed by atoms with E-state index in [-0.39, 0.29) is 23.9 Å². The minimum atomic E-state index is -1.05. The summed E-state index contributed by atoms with van der Waals surface area (Å²) in [5.41, 5.74) is 1.07. The molecule has 2 aliphatic heterocycles. The number of carbonyl (C=O) groups is 4. The molecule has 0 unspecified atom stereocenters. The molecule has 1 saturated heterocycles. The number of hydrogen-bond acceptors (Lipinski definition) is 9. The average Bonchev–Trinajstić information content (AvgIpc) is 3.33. The molecule has 12 heteroatoms. The second-order valence-electron chi connectivity index (χ2n) is 7.37. The minimum Gasteiger partial charge on any atom is -0.495 e. The number of carbonyl (C=O) groups excluding carboxylic acids is 4. The molecule has 176 valence electrons. The van der Waals surface area contributed by atoms with Gasteiger partial charge in [-0.1, -0.05) is 16.8 Å². The Morgan fingerprint density at radius 3 is 2.50 bits per heavy atom. The number of anilines is 2. The lowest BCUT2D eigenvalue weighted by Crippen LogP contribution is -2.43. The van der Waals surface area contributed by atoms with Gasteiger partial charge < -0.3 is 14.8 Å². The van der Waals surface area contributed by atoms with Crippen LogP contribution in [0.15, 0.2) is 52.8 Å². The fraction of sp³-hybridized carbons (Fsp3) is 0.273. The summed E-state index contributed by atoms with van der Waals surface area (Å²) < 4.78 is 10.0. The van der Waals surface area contributed by atoms with Crippen LogP contribution in [0.25, 0.3) is 0 Å². The van der Waals surface area contributed by atoms with Gasteiger partial charge in [0.15, 0.2) is 12.1 Å². The largest absolute Gasteiger partial charge is 0.495 e. The van der Waals surface area contributed by atoms with Crippen molar-refractivity contribution in [3.05, 3.63) is 53.1 Å². The SMILES string of the molecule is CCOC(=O)c1ccc(NC(=O)CN2N=N[C@@H]3C(=O)N(c4ccc(OC)c(Cl)c4)C(=O)[C@H]32)cc1. The van der Waals surface area contributed by atoms with E-state index in [1.54, 1.807) is 25.1 Å². The molecule has 2 aromatic carbocycles. The molecule has 4 rings (SSSR count). The third-order valence-electron chi connectivity index (χ3n) is 5.24. The van der Waals surface area contributed by atoms with E-state index < -0.39 is 35.8 Å². The molecule has 2 aromatic rings. The summed E-state index contributed by atoms with van der Waals surface area (Å²) in [4.78, 5) is 51.2. The highest BCUT2D eigenvalue weighted by atomic mass is 35.5. The van der Waals surface area contributed by atoms with Crippen LogP contribution in [0.2, 0.25) is 5.02 Å². The predicted octanol–water partition coefficient (Wildman–Crippen LogP) is 2.46. The summed E-state index contributed by atoms with van der Waals surface area (Å²) in [6.45, 7) is 1.66. The van der Waals surface area contributed by atoms with Gasteiger partial charge >= 0.3 is 5.97 Å². The number of fused-ring (bicyclic) bond motifs is 1. The number of halogens is 1. The van der Waals surface area contributed by atoms with Crippen LogP contribution < -0.4 is 15.0 Å². The van der Waals surface area contributed by atoms with Gasteiger partial charge in [0.1, 0.15) is 12.3 Å². The van der Waals surface area contributed by atoms with E-state index in [9.17, 15) is 19.2 Å². The van der Waals surface area contributed by atoms with E-state index in [1.165, 1.54) is 36.4 Å². The lowest BCUT2D eigenvalue weighted by Gasteiger charge is -2.20. The quantitative estimate of drug-likeness (QED) is 0.471. The van der Waals surface area contributed by atoms with Crippen LogP contribution in [-0.4, -0.2) is 61.0 Å². The van der Waals surface area contributed by atoms with Gasteiger partial charge in [-0.15, -0.1) is 0 Å². The summed E-state index contributed by atoms with van der Waals surface area (Å²) in [6, 6.07) is 8.60. The number of hydrogen-bond donors (Lipinski definition) is 1. The van der Waals surface area contributed by atoms with Crippen molar-refractivity contribution in [2.45, 2.75) is 19.0 Å². The highest BCUT2D eigenvalue weighted by molar-refractivity contribution is 6.33. The Morgan fingerprint density at radius 1 is 1.12 bits per heavy atom. The lowest BCUT2D eigenvalue weighted by atomic mass is 10.1. The van der Waals surface area contributed by atoms with E-state index in [4.69, 9.17) is 21.1 Å². The van der Waals surface area contributed by atoms with Crippen molar-refractivity contribution < 1.29 is 28.7 Å². The van der Waals surface area contributed by atoms with Crippen LogP contribution in [0.3, 0.4) is 0 Å². The first kappa shape index (κ1) is 23.2. The fourth-order valence-corrected chi connectivity index (χ4v) is 3.91. The molecule has 0 spiro atoms. The van der Waals surface area contributed by atoms with Crippen LogP contribution >= 0.6 is 11.6 Å². The van der Waals surface area contributed by atoms with Gasteiger partial charge in [0, 0.05) is 5.69 Å². The number of rotatable bonds is 7. The molecule has 1 N–H and O–H groups in total. The number of amides is 3. The standard InChI is InChI=1S/C22H20ClN5O6/c1-3-34-22(32)12-4-6-13(7-5-12)24-17(29)11-27-19-18(25-26-27)20(30)28(21(19)31)14-8-9-16(33-2)15(23)10-14/h4-10,18-19H,3,11H2,1-2H3,(H,24,29)/t18-,19-/m0/s1. The zero-order valence-corrected chi connectivity index (χ0v) is 19.0. The Bertz CT molecular complexity index is 1180. The summed E-state index contributed by atoms with van der Waals surface area (Å²) in [5, 5.41) is 11.8. The average molecular weight is 486 g/mol. The zero-order valence-electron chi connectivity index (χ0n) is 18.2. The van der Waals surface area contributed by atoms with Gasteiger partial charge in [0.2, 0.25) is 5.91 Å². The number of nitrogens with one attached hydrogen (secondary N) is 1. The van der Waals surface area contributed by atoms with Crippen molar-refractivity contribution >= 4 is 46.7 Å². The van der Waals surface area contributed by atoms with E-state index in [2.05, 4.69) is 15.7 Å². The Kier molecular flexibility index (Phi) is 6.46. The van der Waals surface area contributed by atoms with Gasteiger partial charge in [0.05, 0.1) is 30.0 Å². The van der Waals surface area contributed by atoms with E-state index >= 15 is 0 Å². The van der Waals surface area contributed by atoms with Crippen molar-refractivity contribution in [2.24, 2.45) is 10.3 Å². The second kappa shape index (κ2) is 9.48. The number of ether oxygens (including phenoxy) is 2. The number of benzene rings is 2. The molecule has 0 saturated carbocycles. The van der Waals surface area contributed by atoms with Gasteiger partial charge in [0.25, 0.3) is 11.8 Å². The molecular weight excluding hydrogens is 466 g/mol. The maximum Gasteiger partial charge on any atom is 0.338 e. The third kappa shape index (κ3) is 4.29. The van der Waals surface area contributed by atoms with Gasteiger partial charge in [-0.2, -0.15) is 5.11 Å². The maximum atomic E-state index is 13.1. The first-order valence-corrected chi connectivity index (χ1v) is 10.7. The maximum absolute atomic E-state index is 13.1. The third-order valence-corrected chi connectivity index (χ3v) is 5.53. The Hall–Kier alpha value is -3.99. The molecule has 34 heavy (non-hydrogen) atoms. The number of imide groups is 1. The summed E-state index contributed by atoms with van der Waals surface area (Å²) in [5.74, 6) is -1.66. The van der Waals surface area contributed by atoms with Crippen molar-refractivity contribution in [3.8, 4) is 5.75 Å². The lowest BCUT2D eigenvalue weighted by molar-refractivity contribution is -0.123. The summed E-state index contributed by atoms with van der Waals surface area (Å²) in [7, 11) is 1.45. The number of esters is 1. The highest BCUT2D eigenvalue weighted by Crippen LogP contribution is 2.35. The molecule has 2 heterocycles. The molecule has 0 aliphatic carbocycles. The van der Waals surface area contributed by atoms with Crippen molar-refractivity contribution in [1.29, 1.82) is 0 Å². The van der Waals surface area contributed by atoms with Gasteiger partial charge in [-0.3, -0.25) is 19.4 Å². The van der Waals surface area contributed by atoms with E-state index in [0.29, 0.717) is 17.0 Å². The molecule has 11 nitrogen and oxygen atoms in total. The fourth-order valence-electron chi connectivity index (χ4n) is 3.65. The van der Waals surface area contributed by atoms with Gasteiger partial charge in [-0.25, -0.2) is 9.69 Å². The molecular formula is C22H20ClN5O6. The summed E-state index contributed by atoms with van der Waals surface area (Å²) >= 11 is 6.14. The van der Waals surface area contributed by atoms with Crippen molar-refractivity contribution in [1.82, 2.24) is 5.01 Å². The Labute approximate surface area is 199 Å². The smallest absolute Gasteiger partial charge is 0.338 e. The van der Waals surface area contributed by atoms with Crippen LogP contribution in [-0.2, 0) is 19.1 Å². The number of methoxy groups -OCH3 is 1. The molecule has 2 aliphatic rings. The molecule has 0 bridgehead atoms. The van der Waals surface area contributed by atoms with Crippen LogP contribution in [0.4, 0.5) is 11.4 Å². The molecule has 0 radical (unpaired) electrons. The molecule has 2 atom stereocenters. The van der Waals surface area contributed by atoms with Gasteiger partial charge in [-0.05, 0) is 49.4 Å². The summed E-state index contributed by atoms with van der Waals surface area (Å²) in [6.07, 6.45) is 0. The molecule has 0 aromatic heterocycles. The Morgan fingerprint density at radius 2 is 1.85 bits per heavy atom. The monoisotopic (exact) mass is 485 g/mol. The van der Waals surface area contributed by atoms with Crippen LogP contribution in [0.1, 0.15) is 17.3 Å². The minimum absolute atomic E-state index is 0.240. The zero-order chi connectivity index (χ0) is 24.4. The van der Waals surface area contributed by atoms with E-state index in [1.807, 2.05) is 0 Å². The highest BCUT2D eigenvalue weighted by Gasteiger charge is 2.55. The predicted molar refractivity (Wildman–Crippen MR) is 121 cm³/mol. The van der Waals surface area contributed by atoms with E-state index in [0.717, 1.165) is 4.90 Å². The van der Waals surface area contributed by atoms with Crippen molar-refractivity contribution in [2.75, 3.05) is 30.5 Å². The normalized spacial score (nSPS) is 18.8.